The van der Waals surface area contributed by atoms with Gasteiger partial charge in [-0.05, 0) is 17.7 Å². The molecule has 0 bridgehead atoms. The van der Waals surface area contributed by atoms with Crippen molar-refractivity contribution in [3.05, 3.63) is 35.1 Å². The minimum atomic E-state index is -4.87. The van der Waals surface area contributed by atoms with Crippen LogP contribution in [0.2, 0.25) is 0 Å². The number of alkyl halides is 3. The van der Waals surface area contributed by atoms with Crippen molar-refractivity contribution in [2.24, 2.45) is 0 Å². The molecule has 3 N–H and O–H groups in total. The number of hydrogen-bond acceptors (Lipinski definition) is 3. The van der Waals surface area contributed by atoms with Gasteiger partial charge in [-0.1, -0.05) is 6.07 Å². The second-order valence-corrected chi connectivity index (χ2v) is 3.85. The molecule has 1 aromatic carbocycles. The first-order valence-electron chi connectivity index (χ1n) is 5.07. The smallest absolute Gasteiger partial charge is 0.419 e. The molecule has 0 aromatic heterocycles. The molecule has 0 heterocycles. The van der Waals surface area contributed by atoms with Crippen LogP contribution in [0.1, 0.15) is 23.7 Å². The van der Waals surface area contributed by atoms with Gasteiger partial charge in [-0.2, -0.15) is 13.2 Å². The van der Waals surface area contributed by atoms with E-state index >= 15 is 0 Å². The molecule has 0 aliphatic carbocycles. The van der Waals surface area contributed by atoms with Crippen LogP contribution in [-0.4, -0.2) is 27.4 Å². The predicted molar refractivity (Wildman–Crippen MR) is 54.6 cm³/mol. The van der Waals surface area contributed by atoms with Crippen molar-refractivity contribution in [2.45, 2.75) is 24.8 Å². The number of benzene rings is 1. The summed E-state index contributed by atoms with van der Waals surface area (Å²) < 4.78 is 50.1. The van der Waals surface area contributed by atoms with Crippen molar-refractivity contribution in [3.8, 4) is 0 Å². The van der Waals surface area contributed by atoms with E-state index in [0.29, 0.717) is 12.1 Å². The summed E-state index contributed by atoms with van der Waals surface area (Å²) in [5, 5.41) is 27.2. The molecule has 1 aromatic rings. The lowest BCUT2D eigenvalue weighted by Gasteiger charge is -2.17. The molecule has 0 fully saturated rings. The molecule has 0 amide bonds. The van der Waals surface area contributed by atoms with Crippen molar-refractivity contribution in [1.82, 2.24) is 0 Å². The fraction of sp³-hybridized carbons (Fsp3) is 0.364. The average molecular weight is 282 g/mol. The molecule has 106 valence electrons. The fourth-order valence-corrected chi connectivity index (χ4v) is 1.46. The van der Waals surface area contributed by atoms with Crippen LogP contribution >= 0.6 is 0 Å². The van der Waals surface area contributed by atoms with Gasteiger partial charge in [-0.15, -0.1) is 0 Å². The second-order valence-electron chi connectivity index (χ2n) is 3.85. The normalized spacial score (nSPS) is 15.1. The van der Waals surface area contributed by atoms with Gasteiger partial charge in [0.1, 0.15) is 11.9 Å². The van der Waals surface area contributed by atoms with Gasteiger partial charge in [0.25, 0.3) is 0 Å². The number of aliphatic carboxylic acids is 1. The molecule has 19 heavy (non-hydrogen) atoms. The van der Waals surface area contributed by atoms with Crippen molar-refractivity contribution < 1.29 is 37.7 Å². The summed E-state index contributed by atoms with van der Waals surface area (Å²) in [6.45, 7) is 0. The van der Waals surface area contributed by atoms with E-state index in [4.69, 9.17) is 5.11 Å². The summed E-state index contributed by atoms with van der Waals surface area (Å²) in [5.74, 6) is -3.01. The number of carbonyl (C=O) groups is 1. The van der Waals surface area contributed by atoms with Crippen LogP contribution in [0.4, 0.5) is 17.6 Å². The van der Waals surface area contributed by atoms with E-state index in [9.17, 15) is 32.6 Å². The van der Waals surface area contributed by atoms with Crippen LogP contribution in [0, 0.1) is 5.82 Å². The number of aliphatic hydroxyl groups excluding tert-OH is 2. The predicted octanol–water partition coefficient (Wildman–Crippen LogP) is 1.71. The Hall–Kier alpha value is -1.67. The number of aliphatic hydroxyl groups is 2. The maximum absolute atomic E-state index is 13.2. The van der Waals surface area contributed by atoms with Crippen LogP contribution in [-0.2, 0) is 11.0 Å². The molecule has 0 aliphatic heterocycles. The third kappa shape index (κ3) is 3.90. The fourth-order valence-electron chi connectivity index (χ4n) is 1.46. The monoisotopic (exact) mass is 282 g/mol. The summed E-state index contributed by atoms with van der Waals surface area (Å²) >= 11 is 0. The first kappa shape index (κ1) is 15.4. The lowest BCUT2D eigenvalue weighted by Crippen LogP contribution is -2.22. The van der Waals surface area contributed by atoms with E-state index in [2.05, 4.69) is 0 Å². The first-order valence-corrected chi connectivity index (χ1v) is 5.07. The summed E-state index contributed by atoms with van der Waals surface area (Å²) in [5.41, 5.74) is -1.84. The number of carboxylic acids is 1. The van der Waals surface area contributed by atoms with Crippen molar-refractivity contribution in [3.63, 3.8) is 0 Å². The highest BCUT2D eigenvalue weighted by molar-refractivity contribution is 5.67. The van der Waals surface area contributed by atoms with Crippen LogP contribution in [0.25, 0.3) is 0 Å². The zero-order valence-electron chi connectivity index (χ0n) is 9.36. The van der Waals surface area contributed by atoms with Crippen LogP contribution < -0.4 is 0 Å². The van der Waals surface area contributed by atoms with Crippen LogP contribution in [0.3, 0.4) is 0 Å². The Bertz CT molecular complexity index is 472. The first-order chi connectivity index (χ1) is 8.62. The van der Waals surface area contributed by atoms with Crippen molar-refractivity contribution >= 4 is 5.97 Å². The maximum Gasteiger partial charge on any atom is 0.419 e. The number of hydrogen-bond donors (Lipinski definition) is 3. The molecule has 4 nitrogen and oxygen atoms in total. The van der Waals surface area contributed by atoms with E-state index < -0.39 is 42.2 Å². The molecule has 2 unspecified atom stereocenters. The molecular formula is C11H10F4O4. The van der Waals surface area contributed by atoms with E-state index in [1.54, 1.807) is 0 Å². The molecule has 0 spiro atoms. The SMILES string of the molecule is O=C(O)CC(O)C(O)c1ccc(C(F)(F)F)c(F)c1. The summed E-state index contributed by atoms with van der Waals surface area (Å²) in [6.07, 6.45) is -9.21. The minimum absolute atomic E-state index is 0.334. The maximum atomic E-state index is 13.2. The third-order valence-corrected chi connectivity index (χ3v) is 2.39. The Balaban J connectivity index is 2.98. The van der Waals surface area contributed by atoms with E-state index in [1.165, 1.54) is 0 Å². The van der Waals surface area contributed by atoms with Gasteiger partial charge < -0.3 is 15.3 Å². The summed E-state index contributed by atoms with van der Waals surface area (Å²) in [6, 6.07) is 1.61. The highest BCUT2D eigenvalue weighted by Gasteiger charge is 2.34. The zero-order valence-corrected chi connectivity index (χ0v) is 9.36. The second kappa shape index (κ2) is 5.54. The molecular weight excluding hydrogens is 272 g/mol. The Kier molecular flexibility index (Phi) is 4.48. The molecule has 0 radical (unpaired) electrons. The van der Waals surface area contributed by atoms with Crippen LogP contribution in [0.5, 0.6) is 0 Å². The Morgan fingerprint density at radius 3 is 2.26 bits per heavy atom. The Morgan fingerprint density at radius 2 is 1.84 bits per heavy atom. The van der Waals surface area contributed by atoms with Gasteiger partial charge in [0, 0.05) is 0 Å². The zero-order chi connectivity index (χ0) is 14.8. The van der Waals surface area contributed by atoms with Gasteiger partial charge in [-0.25, -0.2) is 4.39 Å². The lowest BCUT2D eigenvalue weighted by atomic mass is 10.0. The van der Waals surface area contributed by atoms with Gasteiger partial charge in [0.05, 0.1) is 18.1 Å². The van der Waals surface area contributed by atoms with Crippen LogP contribution in [0.15, 0.2) is 18.2 Å². The summed E-state index contributed by atoms with van der Waals surface area (Å²) in [7, 11) is 0. The van der Waals surface area contributed by atoms with E-state index in [0.717, 1.165) is 6.07 Å². The van der Waals surface area contributed by atoms with Crippen molar-refractivity contribution in [1.29, 1.82) is 0 Å². The minimum Gasteiger partial charge on any atom is -0.481 e. The van der Waals surface area contributed by atoms with Gasteiger partial charge in [0.2, 0.25) is 0 Å². The quantitative estimate of drug-likeness (QED) is 0.735. The van der Waals surface area contributed by atoms with E-state index in [1.807, 2.05) is 0 Å². The van der Waals surface area contributed by atoms with Gasteiger partial charge >= 0.3 is 12.1 Å². The molecule has 2 atom stereocenters. The van der Waals surface area contributed by atoms with Crippen molar-refractivity contribution in [2.75, 3.05) is 0 Å². The van der Waals surface area contributed by atoms with Gasteiger partial charge in [-0.3, -0.25) is 4.79 Å². The third-order valence-electron chi connectivity index (χ3n) is 2.39. The number of halogens is 4. The number of rotatable bonds is 4. The Morgan fingerprint density at radius 1 is 1.26 bits per heavy atom. The molecule has 0 saturated carbocycles. The molecule has 8 heteroatoms. The number of carboxylic acid groups (broad SMARTS) is 1. The summed E-state index contributed by atoms with van der Waals surface area (Å²) in [4.78, 5) is 10.3. The molecule has 0 saturated heterocycles. The Labute approximate surface area is 104 Å². The van der Waals surface area contributed by atoms with Gasteiger partial charge in [0.15, 0.2) is 0 Å². The largest absolute Gasteiger partial charge is 0.481 e. The van der Waals surface area contributed by atoms with E-state index in [-0.39, 0.29) is 5.56 Å². The molecule has 0 aliphatic rings. The lowest BCUT2D eigenvalue weighted by molar-refractivity contribution is -0.141. The average Bonchev–Trinajstić information content (AvgIpc) is 2.25. The standard InChI is InChI=1S/C11H10F4O4/c12-7-3-5(1-2-6(7)11(13,14)15)10(19)8(16)4-9(17)18/h1-3,8,10,16,19H,4H2,(H,17,18). The molecule has 1 rings (SSSR count). The highest BCUT2D eigenvalue weighted by Crippen LogP contribution is 2.32. The highest BCUT2D eigenvalue weighted by atomic mass is 19.4. The topological polar surface area (TPSA) is 77.8 Å².